The fraction of sp³-hybridized carbons (Fsp3) is 0.105. The van der Waals surface area contributed by atoms with Gasteiger partial charge in [-0.2, -0.15) is 9.61 Å². The molecule has 0 spiro atoms. The second-order valence-electron chi connectivity index (χ2n) is 6.09. The van der Waals surface area contributed by atoms with Crippen LogP contribution in [0.2, 0.25) is 0 Å². The maximum absolute atomic E-state index is 4.70. The first-order chi connectivity index (χ1) is 12.9. The van der Waals surface area contributed by atoms with E-state index in [4.69, 9.17) is 5.10 Å². The maximum atomic E-state index is 4.70. The number of rotatable bonds is 3. The molecule has 0 saturated heterocycles. The molecule has 1 aliphatic heterocycles. The Hall–Kier alpha value is -3.61. The van der Waals surface area contributed by atoms with Gasteiger partial charge in [-0.25, -0.2) is 0 Å². The van der Waals surface area contributed by atoms with Crippen LogP contribution in [0, 0.1) is 0 Å². The van der Waals surface area contributed by atoms with Gasteiger partial charge in [0.15, 0.2) is 11.5 Å². The number of aromatic nitrogens is 5. The average molecular weight is 341 g/mol. The number of aliphatic imine (C=N–C) groups is 1. The first kappa shape index (κ1) is 14.7. The summed E-state index contributed by atoms with van der Waals surface area (Å²) in [6, 6.07) is 14.0. The van der Waals surface area contributed by atoms with Crippen LogP contribution >= 0.6 is 0 Å². The fourth-order valence-electron chi connectivity index (χ4n) is 3.06. The van der Waals surface area contributed by atoms with Crippen molar-refractivity contribution < 1.29 is 0 Å². The summed E-state index contributed by atoms with van der Waals surface area (Å²) in [5.74, 6) is 0.798. The van der Waals surface area contributed by atoms with Crippen molar-refractivity contribution in [1.29, 1.82) is 0 Å². The molecule has 1 aliphatic rings. The lowest BCUT2D eigenvalue weighted by atomic mass is 10.1. The number of anilines is 1. The van der Waals surface area contributed by atoms with Crippen LogP contribution in [0.3, 0.4) is 0 Å². The predicted octanol–water partition coefficient (Wildman–Crippen LogP) is 2.58. The molecule has 3 aromatic heterocycles. The van der Waals surface area contributed by atoms with Crippen LogP contribution in [0.25, 0.3) is 16.9 Å². The SMILES string of the molecule is C1=NCNc2ccc(Cc3nnc4ccc(-c5cccnc5)nn34)cc21. The summed E-state index contributed by atoms with van der Waals surface area (Å²) in [5, 5.41) is 16.5. The maximum Gasteiger partial charge on any atom is 0.177 e. The Balaban J connectivity index is 1.52. The van der Waals surface area contributed by atoms with E-state index in [0.29, 0.717) is 13.1 Å². The zero-order chi connectivity index (χ0) is 17.3. The summed E-state index contributed by atoms with van der Waals surface area (Å²) >= 11 is 0. The number of hydrogen-bond acceptors (Lipinski definition) is 6. The first-order valence-electron chi connectivity index (χ1n) is 8.35. The topological polar surface area (TPSA) is 80.4 Å². The zero-order valence-electron chi connectivity index (χ0n) is 13.9. The fourth-order valence-corrected chi connectivity index (χ4v) is 3.06. The molecular formula is C19H15N7. The van der Waals surface area contributed by atoms with Crippen molar-refractivity contribution in [3.63, 3.8) is 0 Å². The second-order valence-corrected chi connectivity index (χ2v) is 6.09. The Morgan fingerprint density at radius 3 is 3.00 bits per heavy atom. The largest absolute Gasteiger partial charge is 0.366 e. The number of benzene rings is 1. The molecule has 0 bridgehead atoms. The quantitative estimate of drug-likeness (QED) is 0.619. The van der Waals surface area contributed by atoms with Crippen molar-refractivity contribution >= 4 is 17.5 Å². The van der Waals surface area contributed by atoms with Gasteiger partial charge in [-0.15, -0.1) is 10.2 Å². The van der Waals surface area contributed by atoms with E-state index < -0.39 is 0 Å². The molecule has 0 unspecified atom stereocenters. The first-order valence-corrected chi connectivity index (χ1v) is 8.35. The smallest absolute Gasteiger partial charge is 0.177 e. The summed E-state index contributed by atoms with van der Waals surface area (Å²) in [6.07, 6.45) is 6.09. The minimum absolute atomic E-state index is 0.627. The van der Waals surface area contributed by atoms with Crippen molar-refractivity contribution in [2.24, 2.45) is 4.99 Å². The van der Waals surface area contributed by atoms with E-state index in [9.17, 15) is 0 Å². The highest BCUT2D eigenvalue weighted by Gasteiger charge is 2.11. The van der Waals surface area contributed by atoms with Crippen molar-refractivity contribution in [3.8, 4) is 11.3 Å². The van der Waals surface area contributed by atoms with Gasteiger partial charge in [0.2, 0.25) is 0 Å². The van der Waals surface area contributed by atoms with Crippen LogP contribution in [-0.2, 0) is 6.42 Å². The van der Waals surface area contributed by atoms with Gasteiger partial charge in [-0.1, -0.05) is 6.07 Å². The molecule has 4 heterocycles. The summed E-state index contributed by atoms with van der Waals surface area (Å²) in [6.45, 7) is 0.627. The van der Waals surface area contributed by atoms with Crippen molar-refractivity contribution in [2.45, 2.75) is 6.42 Å². The molecule has 0 fully saturated rings. The number of pyridine rings is 1. The van der Waals surface area contributed by atoms with Gasteiger partial charge in [-0.3, -0.25) is 9.98 Å². The molecule has 0 aliphatic carbocycles. The molecule has 0 amide bonds. The van der Waals surface area contributed by atoms with Gasteiger partial charge in [0.25, 0.3) is 0 Å². The van der Waals surface area contributed by atoms with Crippen molar-refractivity contribution in [1.82, 2.24) is 24.8 Å². The summed E-state index contributed by atoms with van der Waals surface area (Å²) in [4.78, 5) is 8.43. The third kappa shape index (κ3) is 2.59. The van der Waals surface area contributed by atoms with Crippen LogP contribution in [0.1, 0.15) is 17.0 Å². The molecule has 26 heavy (non-hydrogen) atoms. The lowest BCUT2D eigenvalue weighted by Crippen LogP contribution is -2.08. The van der Waals surface area contributed by atoms with Crippen LogP contribution < -0.4 is 5.32 Å². The van der Waals surface area contributed by atoms with E-state index in [-0.39, 0.29) is 0 Å². The normalized spacial score (nSPS) is 12.8. The van der Waals surface area contributed by atoms with E-state index >= 15 is 0 Å². The number of fused-ring (bicyclic) bond motifs is 2. The number of nitrogens with one attached hydrogen (secondary N) is 1. The average Bonchev–Trinajstić information content (AvgIpc) is 3.10. The molecule has 7 heteroatoms. The van der Waals surface area contributed by atoms with Gasteiger partial charge < -0.3 is 5.32 Å². The monoisotopic (exact) mass is 341 g/mol. The molecule has 0 atom stereocenters. The molecule has 1 N–H and O–H groups in total. The standard InChI is InChI=1S/C19H15N7/c1-2-14(10-20-7-1)17-5-6-18-23-24-19(26(18)25-17)9-13-3-4-16-15(8-13)11-21-12-22-16/h1-8,10-11,22H,9,12H2. The van der Waals surface area contributed by atoms with Gasteiger partial charge in [0.1, 0.15) is 6.67 Å². The summed E-state index contributed by atoms with van der Waals surface area (Å²) < 4.78 is 1.80. The van der Waals surface area contributed by atoms with Crippen molar-refractivity contribution in [2.75, 3.05) is 12.0 Å². The Labute approximate surface area is 149 Å². The molecule has 5 rings (SSSR count). The molecule has 126 valence electrons. The molecule has 0 saturated carbocycles. The van der Waals surface area contributed by atoms with Crippen LogP contribution in [0.5, 0.6) is 0 Å². The van der Waals surface area contributed by atoms with Crippen molar-refractivity contribution in [3.05, 3.63) is 71.8 Å². The van der Waals surface area contributed by atoms with Crippen LogP contribution in [-0.4, -0.2) is 37.7 Å². The van der Waals surface area contributed by atoms with E-state index in [1.165, 1.54) is 0 Å². The van der Waals surface area contributed by atoms with E-state index in [2.05, 4.69) is 43.7 Å². The van der Waals surface area contributed by atoms with E-state index in [0.717, 1.165) is 39.5 Å². The predicted molar refractivity (Wildman–Crippen MR) is 99.3 cm³/mol. The Bertz CT molecular complexity index is 1120. The number of nitrogens with zero attached hydrogens (tertiary/aromatic N) is 6. The lowest BCUT2D eigenvalue weighted by Gasteiger charge is -2.13. The highest BCUT2D eigenvalue weighted by Crippen LogP contribution is 2.21. The third-order valence-electron chi connectivity index (χ3n) is 4.35. The summed E-state index contributed by atoms with van der Waals surface area (Å²) in [5.41, 5.74) is 5.87. The molecule has 1 aromatic carbocycles. The lowest BCUT2D eigenvalue weighted by molar-refractivity contribution is 0.841. The Kier molecular flexibility index (Phi) is 3.41. The minimum atomic E-state index is 0.627. The second kappa shape index (κ2) is 6.03. The van der Waals surface area contributed by atoms with Gasteiger partial charge in [0, 0.05) is 41.8 Å². The molecular weight excluding hydrogens is 326 g/mol. The number of hydrogen-bond donors (Lipinski definition) is 1. The van der Waals surface area contributed by atoms with E-state index in [1.54, 1.807) is 16.9 Å². The third-order valence-corrected chi connectivity index (χ3v) is 4.35. The van der Waals surface area contributed by atoms with Gasteiger partial charge in [0.05, 0.1) is 5.69 Å². The molecule has 4 aromatic rings. The molecule has 0 radical (unpaired) electrons. The minimum Gasteiger partial charge on any atom is -0.366 e. The highest BCUT2D eigenvalue weighted by atomic mass is 15.4. The van der Waals surface area contributed by atoms with Gasteiger partial charge >= 0.3 is 0 Å². The Morgan fingerprint density at radius 1 is 1.08 bits per heavy atom. The highest BCUT2D eigenvalue weighted by molar-refractivity contribution is 5.89. The van der Waals surface area contributed by atoms with Crippen LogP contribution in [0.15, 0.2) is 59.9 Å². The Morgan fingerprint density at radius 2 is 2.08 bits per heavy atom. The summed E-state index contributed by atoms with van der Waals surface area (Å²) in [7, 11) is 0. The van der Waals surface area contributed by atoms with Gasteiger partial charge in [-0.05, 0) is 42.0 Å². The van der Waals surface area contributed by atoms with E-state index in [1.807, 2.05) is 30.5 Å². The van der Waals surface area contributed by atoms with Crippen LogP contribution in [0.4, 0.5) is 5.69 Å². The molecule has 7 nitrogen and oxygen atoms in total. The zero-order valence-corrected chi connectivity index (χ0v) is 13.9.